The molecule has 2 nitrogen and oxygen atoms in total. The highest BCUT2D eigenvalue weighted by molar-refractivity contribution is 5.91. The van der Waals surface area contributed by atoms with E-state index in [1.54, 1.807) is 0 Å². The minimum absolute atomic E-state index is 0.464. The lowest BCUT2D eigenvalue weighted by molar-refractivity contribution is 0.901. The van der Waals surface area contributed by atoms with Crippen LogP contribution < -0.4 is 5.43 Å². The minimum Gasteiger partial charge on any atom is -0.279 e. The monoisotopic (exact) mass is 302 g/mol. The summed E-state index contributed by atoms with van der Waals surface area (Å²) in [6.45, 7) is 6.67. The van der Waals surface area contributed by atoms with E-state index in [1.807, 2.05) is 36.5 Å². The van der Waals surface area contributed by atoms with Gasteiger partial charge in [0.15, 0.2) is 0 Å². The molecular formula is C21H22N2. The van der Waals surface area contributed by atoms with Crippen LogP contribution in [0.1, 0.15) is 31.9 Å². The average Bonchev–Trinajstić information content (AvgIpc) is 2.82. The second-order valence-electron chi connectivity index (χ2n) is 6.03. The topological polar surface area (TPSA) is 24.4 Å². The molecule has 1 aliphatic carbocycles. The van der Waals surface area contributed by atoms with Gasteiger partial charge in [-0.3, -0.25) is 5.43 Å². The predicted molar refractivity (Wildman–Crippen MR) is 99.6 cm³/mol. The van der Waals surface area contributed by atoms with Gasteiger partial charge in [-0.15, -0.1) is 0 Å². The van der Waals surface area contributed by atoms with Crippen molar-refractivity contribution in [2.75, 3.05) is 5.43 Å². The molecule has 2 aromatic rings. The van der Waals surface area contributed by atoms with Crippen molar-refractivity contribution in [1.82, 2.24) is 0 Å². The van der Waals surface area contributed by atoms with Gasteiger partial charge in [0.2, 0.25) is 0 Å². The maximum Gasteiger partial charge on any atom is 0.0561 e. The molecular weight excluding hydrogens is 280 g/mol. The molecule has 1 aliphatic rings. The third kappa shape index (κ3) is 3.26. The lowest BCUT2D eigenvalue weighted by Gasteiger charge is -2.15. The van der Waals surface area contributed by atoms with Crippen LogP contribution in [-0.2, 0) is 0 Å². The van der Waals surface area contributed by atoms with Crippen LogP contribution in [0, 0.1) is 5.92 Å². The molecule has 1 N–H and O–H groups in total. The van der Waals surface area contributed by atoms with Crippen molar-refractivity contribution in [3.05, 3.63) is 82.9 Å². The zero-order valence-electron chi connectivity index (χ0n) is 13.9. The highest BCUT2D eigenvalue weighted by Gasteiger charge is 2.21. The fourth-order valence-electron chi connectivity index (χ4n) is 3.10. The normalized spacial score (nSPS) is 17.7. The van der Waals surface area contributed by atoms with Gasteiger partial charge in [-0.05, 0) is 42.7 Å². The fraction of sp³-hybridized carbons (Fsp3) is 0.190. The second-order valence-corrected chi connectivity index (χ2v) is 6.03. The van der Waals surface area contributed by atoms with E-state index in [1.165, 1.54) is 22.3 Å². The summed E-state index contributed by atoms with van der Waals surface area (Å²) in [5.74, 6) is 0.464. The number of allylic oxidation sites excluding steroid dienone is 4. The van der Waals surface area contributed by atoms with E-state index >= 15 is 0 Å². The maximum atomic E-state index is 4.40. The molecule has 1 atom stereocenters. The van der Waals surface area contributed by atoms with Crippen LogP contribution in [0.2, 0.25) is 0 Å². The first-order valence-electron chi connectivity index (χ1n) is 7.99. The molecule has 0 radical (unpaired) electrons. The number of hydrazone groups is 1. The molecule has 0 heterocycles. The zero-order valence-corrected chi connectivity index (χ0v) is 13.9. The lowest BCUT2D eigenvalue weighted by Crippen LogP contribution is -2.01. The van der Waals surface area contributed by atoms with Crippen molar-refractivity contribution in [2.45, 2.75) is 20.8 Å². The molecule has 1 unspecified atom stereocenters. The highest BCUT2D eigenvalue weighted by Crippen LogP contribution is 2.38. The largest absolute Gasteiger partial charge is 0.279 e. The first kappa shape index (κ1) is 15.3. The number of hydrogen-bond donors (Lipinski definition) is 1. The number of hydrogen-bond acceptors (Lipinski definition) is 2. The summed E-state index contributed by atoms with van der Waals surface area (Å²) in [6.07, 6.45) is 4.19. The average molecular weight is 302 g/mol. The number of para-hydroxylation sites is 1. The Morgan fingerprint density at radius 3 is 2.35 bits per heavy atom. The summed E-state index contributed by atoms with van der Waals surface area (Å²) in [5.41, 5.74) is 10.7. The molecule has 0 amide bonds. The molecule has 2 aromatic carbocycles. The molecule has 0 aliphatic heterocycles. The van der Waals surface area contributed by atoms with Gasteiger partial charge < -0.3 is 0 Å². The van der Waals surface area contributed by atoms with E-state index in [4.69, 9.17) is 0 Å². The number of rotatable bonds is 4. The molecule has 116 valence electrons. The molecule has 0 saturated heterocycles. The van der Waals surface area contributed by atoms with Gasteiger partial charge in [0.05, 0.1) is 11.9 Å². The number of anilines is 1. The molecule has 23 heavy (non-hydrogen) atoms. The summed E-state index contributed by atoms with van der Waals surface area (Å²) >= 11 is 0. The zero-order chi connectivity index (χ0) is 16.2. The van der Waals surface area contributed by atoms with Crippen LogP contribution in [-0.4, -0.2) is 6.21 Å². The molecule has 2 heteroatoms. The number of nitrogens with one attached hydrogen (secondary N) is 1. The van der Waals surface area contributed by atoms with Gasteiger partial charge in [-0.1, -0.05) is 61.0 Å². The highest BCUT2D eigenvalue weighted by atomic mass is 15.3. The quantitative estimate of drug-likeness (QED) is 0.585. The van der Waals surface area contributed by atoms with Crippen LogP contribution in [0.3, 0.4) is 0 Å². The van der Waals surface area contributed by atoms with Gasteiger partial charge in [-0.25, -0.2) is 0 Å². The SMILES string of the molecule is CC1=CC(C)=C(c2ccccc2C=NNc2ccccc2)C1C. The summed E-state index contributed by atoms with van der Waals surface area (Å²) < 4.78 is 0. The van der Waals surface area contributed by atoms with Crippen molar-refractivity contribution in [2.24, 2.45) is 11.0 Å². The molecule has 0 aromatic heterocycles. The van der Waals surface area contributed by atoms with Gasteiger partial charge in [0.1, 0.15) is 0 Å². The first-order chi connectivity index (χ1) is 11.2. The summed E-state index contributed by atoms with van der Waals surface area (Å²) in [4.78, 5) is 0. The van der Waals surface area contributed by atoms with Crippen LogP contribution >= 0.6 is 0 Å². The third-order valence-corrected chi connectivity index (χ3v) is 4.41. The van der Waals surface area contributed by atoms with Crippen molar-refractivity contribution >= 4 is 17.5 Å². The van der Waals surface area contributed by atoms with E-state index in [-0.39, 0.29) is 0 Å². The number of benzene rings is 2. The smallest absolute Gasteiger partial charge is 0.0561 e. The Morgan fingerprint density at radius 1 is 0.957 bits per heavy atom. The van der Waals surface area contributed by atoms with Gasteiger partial charge in [0.25, 0.3) is 0 Å². The Hall–Kier alpha value is -2.61. The Bertz CT molecular complexity index is 782. The fourth-order valence-corrected chi connectivity index (χ4v) is 3.10. The lowest BCUT2D eigenvalue weighted by atomic mass is 9.89. The molecule has 0 spiro atoms. The summed E-state index contributed by atoms with van der Waals surface area (Å²) in [7, 11) is 0. The van der Waals surface area contributed by atoms with Gasteiger partial charge in [-0.2, -0.15) is 5.10 Å². The Balaban J connectivity index is 1.86. The van der Waals surface area contributed by atoms with Gasteiger partial charge >= 0.3 is 0 Å². The molecule has 0 bridgehead atoms. The van der Waals surface area contributed by atoms with Crippen molar-refractivity contribution in [1.29, 1.82) is 0 Å². The first-order valence-corrected chi connectivity index (χ1v) is 7.99. The molecule has 0 saturated carbocycles. The van der Waals surface area contributed by atoms with E-state index in [0.717, 1.165) is 11.3 Å². The Labute approximate surface area is 138 Å². The standard InChI is InChI=1S/C21H22N2/c1-15-13-16(2)21(17(15)3)20-12-8-7-9-18(20)14-22-23-19-10-5-4-6-11-19/h4-14,17,23H,1-3H3. The second kappa shape index (κ2) is 6.66. The Kier molecular flexibility index (Phi) is 4.42. The van der Waals surface area contributed by atoms with E-state index in [0.29, 0.717) is 5.92 Å². The van der Waals surface area contributed by atoms with Crippen molar-refractivity contribution < 1.29 is 0 Å². The Morgan fingerprint density at radius 2 is 1.65 bits per heavy atom. The van der Waals surface area contributed by atoms with Crippen LogP contribution in [0.25, 0.3) is 5.57 Å². The van der Waals surface area contributed by atoms with E-state index in [2.05, 4.69) is 61.6 Å². The van der Waals surface area contributed by atoms with Crippen molar-refractivity contribution in [3.63, 3.8) is 0 Å². The van der Waals surface area contributed by atoms with Crippen LogP contribution in [0.5, 0.6) is 0 Å². The third-order valence-electron chi connectivity index (χ3n) is 4.41. The maximum absolute atomic E-state index is 4.40. The minimum atomic E-state index is 0.464. The molecule has 3 rings (SSSR count). The summed E-state index contributed by atoms with van der Waals surface area (Å²) in [5, 5.41) is 4.40. The van der Waals surface area contributed by atoms with Gasteiger partial charge in [0, 0.05) is 11.5 Å². The summed E-state index contributed by atoms with van der Waals surface area (Å²) in [6, 6.07) is 18.4. The van der Waals surface area contributed by atoms with Crippen molar-refractivity contribution in [3.8, 4) is 0 Å². The predicted octanol–water partition coefficient (Wildman–Crippen LogP) is 5.50. The number of nitrogens with zero attached hydrogens (tertiary/aromatic N) is 1. The van der Waals surface area contributed by atoms with E-state index in [9.17, 15) is 0 Å². The van der Waals surface area contributed by atoms with Crippen LogP contribution in [0.4, 0.5) is 5.69 Å². The van der Waals surface area contributed by atoms with E-state index < -0.39 is 0 Å². The van der Waals surface area contributed by atoms with Crippen LogP contribution in [0.15, 0.2) is 76.9 Å². The molecule has 0 fully saturated rings.